The molecule has 0 spiro atoms. The van der Waals surface area contributed by atoms with Gasteiger partial charge in [0.2, 0.25) is 5.89 Å². The molecule has 1 saturated heterocycles. The van der Waals surface area contributed by atoms with Gasteiger partial charge >= 0.3 is 0 Å². The molecule has 17 heavy (non-hydrogen) atoms. The first-order valence-corrected chi connectivity index (χ1v) is 6.48. The van der Waals surface area contributed by atoms with Crippen molar-refractivity contribution in [3.05, 3.63) is 11.7 Å². The second-order valence-electron chi connectivity index (χ2n) is 5.06. The van der Waals surface area contributed by atoms with Crippen LogP contribution in [0.15, 0.2) is 4.52 Å². The van der Waals surface area contributed by atoms with E-state index in [1.807, 2.05) is 0 Å². The number of aromatic nitrogens is 2. The van der Waals surface area contributed by atoms with Crippen molar-refractivity contribution in [2.24, 2.45) is 5.92 Å². The Kier molecular flexibility index (Phi) is 4.50. The van der Waals surface area contributed by atoms with Gasteiger partial charge in [-0.3, -0.25) is 4.90 Å². The molecule has 0 bridgehead atoms. The SMILES string of the molecule is CC(C)CCc1nc(CN2CCNCC2)no1. The number of rotatable bonds is 5. The van der Waals surface area contributed by atoms with Gasteiger partial charge in [-0.15, -0.1) is 0 Å². The van der Waals surface area contributed by atoms with Crippen molar-refractivity contribution in [1.82, 2.24) is 20.4 Å². The molecule has 1 N–H and O–H groups in total. The van der Waals surface area contributed by atoms with Crippen molar-refractivity contribution in [2.75, 3.05) is 26.2 Å². The van der Waals surface area contributed by atoms with Crippen LogP contribution < -0.4 is 5.32 Å². The second-order valence-corrected chi connectivity index (χ2v) is 5.06. The standard InChI is InChI=1S/C12H22N4O/c1-10(2)3-4-12-14-11(15-17-12)9-16-7-5-13-6-8-16/h10,13H,3-9H2,1-2H3. The van der Waals surface area contributed by atoms with Crippen LogP contribution in [0.4, 0.5) is 0 Å². The second kappa shape index (κ2) is 6.12. The highest BCUT2D eigenvalue weighted by Gasteiger charge is 2.13. The number of hydrogen-bond acceptors (Lipinski definition) is 5. The van der Waals surface area contributed by atoms with Crippen LogP contribution in [0.1, 0.15) is 32.0 Å². The Morgan fingerprint density at radius 2 is 2.12 bits per heavy atom. The third kappa shape index (κ3) is 4.09. The Hall–Kier alpha value is -0.940. The monoisotopic (exact) mass is 238 g/mol. The summed E-state index contributed by atoms with van der Waals surface area (Å²) in [6.07, 6.45) is 2.00. The summed E-state index contributed by atoms with van der Waals surface area (Å²) in [6.45, 7) is 9.46. The predicted octanol–water partition coefficient (Wildman–Crippen LogP) is 1.06. The zero-order chi connectivity index (χ0) is 12.1. The van der Waals surface area contributed by atoms with Gasteiger partial charge in [0.05, 0.1) is 6.54 Å². The van der Waals surface area contributed by atoms with E-state index >= 15 is 0 Å². The Morgan fingerprint density at radius 1 is 1.35 bits per heavy atom. The van der Waals surface area contributed by atoms with E-state index in [9.17, 15) is 0 Å². The minimum atomic E-state index is 0.679. The third-order valence-electron chi connectivity index (χ3n) is 3.02. The number of piperazine rings is 1. The zero-order valence-electron chi connectivity index (χ0n) is 10.8. The average Bonchev–Trinajstić information content (AvgIpc) is 2.75. The summed E-state index contributed by atoms with van der Waals surface area (Å²) in [6, 6.07) is 0. The topological polar surface area (TPSA) is 54.2 Å². The Morgan fingerprint density at radius 3 is 2.82 bits per heavy atom. The van der Waals surface area contributed by atoms with Crippen molar-refractivity contribution >= 4 is 0 Å². The van der Waals surface area contributed by atoms with E-state index < -0.39 is 0 Å². The number of nitrogens with zero attached hydrogens (tertiary/aromatic N) is 3. The molecule has 1 aliphatic heterocycles. The first-order chi connectivity index (χ1) is 8.24. The normalized spacial score (nSPS) is 17.8. The van der Waals surface area contributed by atoms with Crippen LogP contribution in [-0.4, -0.2) is 41.2 Å². The summed E-state index contributed by atoms with van der Waals surface area (Å²) in [5.74, 6) is 2.29. The van der Waals surface area contributed by atoms with Gasteiger partial charge in [-0.2, -0.15) is 4.98 Å². The lowest BCUT2D eigenvalue weighted by atomic mass is 10.1. The Labute approximate surface area is 103 Å². The number of nitrogens with one attached hydrogen (secondary N) is 1. The van der Waals surface area contributed by atoms with Gasteiger partial charge in [-0.05, 0) is 12.3 Å². The third-order valence-corrected chi connectivity index (χ3v) is 3.02. The van der Waals surface area contributed by atoms with Gasteiger partial charge in [0.25, 0.3) is 0 Å². The van der Waals surface area contributed by atoms with Gasteiger partial charge in [-0.25, -0.2) is 0 Å². The molecule has 0 aromatic carbocycles. The molecule has 0 atom stereocenters. The van der Waals surface area contributed by atoms with Crippen LogP contribution in [0.25, 0.3) is 0 Å². The lowest BCUT2D eigenvalue weighted by Crippen LogP contribution is -2.43. The molecule has 1 aliphatic rings. The van der Waals surface area contributed by atoms with Crippen LogP contribution in [0.3, 0.4) is 0 Å². The van der Waals surface area contributed by atoms with E-state index in [0.717, 1.165) is 57.3 Å². The summed E-state index contributed by atoms with van der Waals surface area (Å²) in [5, 5.41) is 7.37. The summed E-state index contributed by atoms with van der Waals surface area (Å²) in [7, 11) is 0. The van der Waals surface area contributed by atoms with E-state index in [4.69, 9.17) is 4.52 Å². The van der Waals surface area contributed by atoms with Crippen molar-refractivity contribution in [3.63, 3.8) is 0 Å². The predicted molar refractivity (Wildman–Crippen MR) is 65.6 cm³/mol. The van der Waals surface area contributed by atoms with E-state index in [2.05, 4.69) is 34.2 Å². The van der Waals surface area contributed by atoms with Crippen LogP contribution in [0.5, 0.6) is 0 Å². The van der Waals surface area contributed by atoms with Crippen molar-refractivity contribution in [3.8, 4) is 0 Å². The first-order valence-electron chi connectivity index (χ1n) is 6.48. The lowest BCUT2D eigenvalue weighted by Gasteiger charge is -2.25. The molecule has 0 unspecified atom stereocenters. The van der Waals surface area contributed by atoms with Crippen LogP contribution in [0.2, 0.25) is 0 Å². The Balaban J connectivity index is 1.80. The van der Waals surface area contributed by atoms with Gasteiger partial charge in [-0.1, -0.05) is 19.0 Å². The first kappa shape index (κ1) is 12.5. The van der Waals surface area contributed by atoms with Crippen LogP contribution in [0, 0.1) is 5.92 Å². The molecule has 5 nitrogen and oxygen atoms in total. The number of aryl methyl sites for hydroxylation is 1. The lowest BCUT2D eigenvalue weighted by molar-refractivity contribution is 0.224. The molecule has 0 aliphatic carbocycles. The highest BCUT2D eigenvalue weighted by molar-refractivity contribution is 4.87. The van der Waals surface area contributed by atoms with Crippen molar-refractivity contribution in [2.45, 2.75) is 33.2 Å². The van der Waals surface area contributed by atoms with Crippen molar-refractivity contribution in [1.29, 1.82) is 0 Å². The maximum Gasteiger partial charge on any atom is 0.226 e. The molecule has 0 amide bonds. The van der Waals surface area contributed by atoms with Crippen LogP contribution in [-0.2, 0) is 13.0 Å². The van der Waals surface area contributed by atoms with Gasteiger partial charge in [0, 0.05) is 32.6 Å². The molecular weight excluding hydrogens is 216 g/mol. The number of hydrogen-bond donors (Lipinski definition) is 1. The average molecular weight is 238 g/mol. The van der Waals surface area contributed by atoms with Gasteiger partial charge in [0.1, 0.15) is 0 Å². The smallest absolute Gasteiger partial charge is 0.226 e. The molecule has 0 radical (unpaired) electrons. The Bertz CT molecular complexity index is 331. The van der Waals surface area contributed by atoms with Gasteiger partial charge in [0.15, 0.2) is 5.82 Å². The molecular formula is C12H22N4O. The fraction of sp³-hybridized carbons (Fsp3) is 0.833. The minimum absolute atomic E-state index is 0.679. The molecule has 2 rings (SSSR count). The summed E-state index contributed by atoms with van der Waals surface area (Å²) in [4.78, 5) is 6.79. The molecule has 96 valence electrons. The van der Waals surface area contributed by atoms with Crippen LogP contribution >= 0.6 is 0 Å². The highest BCUT2D eigenvalue weighted by atomic mass is 16.5. The zero-order valence-corrected chi connectivity index (χ0v) is 10.8. The maximum atomic E-state index is 5.25. The molecule has 1 aromatic heterocycles. The van der Waals surface area contributed by atoms with E-state index in [1.165, 1.54) is 0 Å². The molecule has 5 heteroatoms. The van der Waals surface area contributed by atoms with Crippen molar-refractivity contribution < 1.29 is 4.52 Å². The van der Waals surface area contributed by atoms with E-state index in [1.54, 1.807) is 0 Å². The summed E-state index contributed by atoms with van der Waals surface area (Å²) >= 11 is 0. The highest BCUT2D eigenvalue weighted by Crippen LogP contribution is 2.08. The van der Waals surface area contributed by atoms with Gasteiger partial charge < -0.3 is 9.84 Å². The molecule has 1 fully saturated rings. The molecule has 0 saturated carbocycles. The van der Waals surface area contributed by atoms with E-state index in [-0.39, 0.29) is 0 Å². The quantitative estimate of drug-likeness (QED) is 0.831. The molecule has 1 aromatic rings. The largest absolute Gasteiger partial charge is 0.339 e. The maximum absolute atomic E-state index is 5.25. The fourth-order valence-corrected chi connectivity index (χ4v) is 1.94. The summed E-state index contributed by atoms with van der Waals surface area (Å²) < 4.78 is 5.25. The summed E-state index contributed by atoms with van der Waals surface area (Å²) in [5.41, 5.74) is 0. The molecule has 2 heterocycles. The minimum Gasteiger partial charge on any atom is -0.339 e. The van der Waals surface area contributed by atoms with E-state index in [0.29, 0.717) is 5.92 Å². The fourth-order valence-electron chi connectivity index (χ4n) is 1.94.